The zero-order chi connectivity index (χ0) is 11.5. The van der Waals surface area contributed by atoms with Crippen LogP contribution in [0.15, 0.2) is 18.2 Å². The smallest absolute Gasteiger partial charge is 0.0825 e. The third-order valence-corrected chi connectivity index (χ3v) is 3.86. The average Bonchev–Trinajstić information content (AvgIpc) is 2.33. The Morgan fingerprint density at radius 2 is 2.19 bits per heavy atom. The second-order valence-electron chi connectivity index (χ2n) is 4.21. The average molecular weight is 260 g/mol. The quantitative estimate of drug-likeness (QED) is 0.882. The number of hydrogen-bond acceptors (Lipinski definition) is 2. The van der Waals surface area contributed by atoms with Crippen molar-refractivity contribution >= 4 is 28.9 Å². The minimum atomic E-state index is 0.245. The highest BCUT2D eigenvalue weighted by Crippen LogP contribution is 2.34. The summed E-state index contributed by atoms with van der Waals surface area (Å²) in [5, 5.41) is 10.4. The SMILES string of the molecule is OCC1CCCN(c2cccc(Cl)c2Cl)C1. The molecular formula is C12H15Cl2NO. The van der Waals surface area contributed by atoms with Crippen LogP contribution in [0.3, 0.4) is 0 Å². The Balaban J connectivity index is 2.20. The van der Waals surface area contributed by atoms with Crippen LogP contribution in [0.5, 0.6) is 0 Å². The van der Waals surface area contributed by atoms with E-state index in [-0.39, 0.29) is 6.61 Å². The summed E-state index contributed by atoms with van der Waals surface area (Å²) in [7, 11) is 0. The van der Waals surface area contributed by atoms with Gasteiger partial charge in [0.15, 0.2) is 0 Å². The van der Waals surface area contributed by atoms with Gasteiger partial charge in [0.05, 0.1) is 15.7 Å². The fraction of sp³-hybridized carbons (Fsp3) is 0.500. The lowest BCUT2D eigenvalue weighted by Crippen LogP contribution is -2.36. The first-order chi connectivity index (χ1) is 7.72. The van der Waals surface area contributed by atoms with Crippen molar-refractivity contribution in [3.05, 3.63) is 28.2 Å². The highest BCUT2D eigenvalue weighted by atomic mass is 35.5. The van der Waals surface area contributed by atoms with Crippen LogP contribution >= 0.6 is 23.2 Å². The van der Waals surface area contributed by atoms with Gasteiger partial charge in [0.2, 0.25) is 0 Å². The van der Waals surface area contributed by atoms with Crippen LogP contribution in [-0.4, -0.2) is 24.8 Å². The van der Waals surface area contributed by atoms with Crippen molar-refractivity contribution in [3.63, 3.8) is 0 Å². The molecule has 0 bridgehead atoms. The fourth-order valence-electron chi connectivity index (χ4n) is 2.17. The van der Waals surface area contributed by atoms with E-state index in [9.17, 15) is 5.11 Å². The molecule has 4 heteroatoms. The summed E-state index contributed by atoms with van der Waals surface area (Å²) >= 11 is 12.2. The third kappa shape index (κ3) is 2.45. The largest absolute Gasteiger partial charge is 0.396 e. The van der Waals surface area contributed by atoms with Crippen molar-refractivity contribution < 1.29 is 5.11 Å². The highest BCUT2D eigenvalue weighted by molar-refractivity contribution is 6.43. The molecule has 0 spiro atoms. The van der Waals surface area contributed by atoms with Crippen LogP contribution in [0.1, 0.15) is 12.8 Å². The number of aliphatic hydroxyl groups excluding tert-OH is 1. The van der Waals surface area contributed by atoms with Crippen molar-refractivity contribution in [2.75, 3.05) is 24.6 Å². The van der Waals surface area contributed by atoms with E-state index in [1.807, 2.05) is 12.1 Å². The molecule has 1 fully saturated rings. The van der Waals surface area contributed by atoms with E-state index in [0.717, 1.165) is 31.6 Å². The second-order valence-corrected chi connectivity index (χ2v) is 4.99. The predicted octanol–water partition coefficient (Wildman–Crippen LogP) is 3.20. The first-order valence-electron chi connectivity index (χ1n) is 5.52. The molecule has 1 heterocycles. The first-order valence-corrected chi connectivity index (χ1v) is 6.27. The molecule has 0 aliphatic carbocycles. The number of rotatable bonds is 2. The summed E-state index contributed by atoms with van der Waals surface area (Å²) < 4.78 is 0. The molecular weight excluding hydrogens is 245 g/mol. The Morgan fingerprint density at radius 1 is 1.38 bits per heavy atom. The van der Waals surface area contributed by atoms with Crippen molar-refractivity contribution in [1.29, 1.82) is 0 Å². The van der Waals surface area contributed by atoms with Gasteiger partial charge in [0.25, 0.3) is 0 Å². The Hall–Kier alpha value is -0.440. The molecule has 1 aromatic carbocycles. The summed E-state index contributed by atoms with van der Waals surface area (Å²) in [5.41, 5.74) is 0.979. The van der Waals surface area contributed by atoms with Gasteiger partial charge in [-0.2, -0.15) is 0 Å². The van der Waals surface area contributed by atoms with Crippen molar-refractivity contribution in [3.8, 4) is 0 Å². The summed E-state index contributed by atoms with van der Waals surface area (Å²) in [4.78, 5) is 2.21. The monoisotopic (exact) mass is 259 g/mol. The maximum atomic E-state index is 9.19. The fourth-order valence-corrected chi connectivity index (χ4v) is 2.58. The molecule has 0 radical (unpaired) electrons. The normalized spacial score (nSPS) is 21.2. The van der Waals surface area contributed by atoms with E-state index in [0.29, 0.717) is 16.0 Å². The summed E-state index contributed by atoms with van der Waals surface area (Å²) in [6.07, 6.45) is 2.18. The standard InChI is InChI=1S/C12H15Cl2NO/c13-10-4-1-5-11(12(10)14)15-6-2-3-9(7-15)8-16/h1,4-5,9,16H,2-3,6-8H2. The molecule has 1 unspecified atom stereocenters. The van der Waals surface area contributed by atoms with Gasteiger partial charge in [-0.3, -0.25) is 0 Å². The van der Waals surface area contributed by atoms with Crippen LogP contribution in [0.4, 0.5) is 5.69 Å². The molecule has 2 rings (SSSR count). The number of piperidine rings is 1. The number of anilines is 1. The number of halogens is 2. The minimum Gasteiger partial charge on any atom is -0.396 e. The molecule has 1 aliphatic heterocycles. The molecule has 0 saturated carbocycles. The molecule has 2 nitrogen and oxygen atoms in total. The lowest BCUT2D eigenvalue weighted by atomic mass is 9.98. The van der Waals surface area contributed by atoms with Gasteiger partial charge >= 0.3 is 0 Å². The van der Waals surface area contributed by atoms with Gasteiger partial charge in [-0.05, 0) is 30.9 Å². The summed E-state index contributed by atoms with van der Waals surface area (Å²) in [5.74, 6) is 0.351. The Morgan fingerprint density at radius 3 is 2.94 bits per heavy atom. The van der Waals surface area contributed by atoms with Crippen LogP contribution in [0, 0.1) is 5.92 Å². The lowest BCUT2D eigenvalue weighted by molar-refractivity contribution is 0.209. The number of aliphatic hydroxyl groups is 1. The lowest BCUT2D eigenvalue weighted by Gasteiger charge is -2.34. The van der Waals surface area contributed by atoms with E-state index in [4.69, 9.17) is 23.2 Å². The van der Waals surface area contributed by atoms with Gasteiger partial charge < -0.3 is 10.0 Å². The van der Waals surface area contributed by atoms with E-state index in [1.54, 1.807) is 6.07 Å². The number of benzene rings is 1. The predicted molar refractivity (Wildman–Crippen MR) is 68.5 cm³/mol. The van der Waals surface area contributed by atoms with Crippen LogP contribution < -0.4 is 4.90 Å². The molecule has 1 atom stereocenters. The van der Waals surface area contributed by atoms with E-state index in [2.05, 4.69) is 4.90 Å². The van der Waals surface area contributed by atoms with Gasteiger partial charge in [-0.25, -0.2) is 0 Å². The van der Waals surface area contributed by atoms with Gasteiger partial charge in [0, 0.05) is 19.7 Å². The van der Waals surface area contributed by atoms with Crippen molar-refractivity contribution in [2.45, 2.75) is 12.8 Å². The zero-order valence-electron chi connectivity index (χ0n) is 9.00. The van der Waals surface area contributed by atoms with Crippen LogP contribution in [0.25, 0.3) is 0 Å². The number of hydrogen-bond donors (Lipinski definition) is 1. The molecule has 0 aromatic heterocycles. The maximum absolute atomic E-state index is 9.19. The molecule has 88 valence electrons. The minimum absolute atomic E-state index is 0.245. The van der Waals surface area contributed by atoms with Gasteiger partial charge in [0.1, 0.15) is 0 Å². The van der Waals surface area contributed by atoms with E-state index >= 15 is 0 Å². The molecule has 16 heavy (non-hydrogen) atoms. The second kappa shape index (κ2) is 5.26. The molecule has 1 aromatic rings. The summed E-state index contributed by atoms with van der Waals surface area (Å²) in [6.45, 7) is 2.09. The summed E-state index contributed by atoms with van der Waals surface area (Å²) in [6, 6.07) is 5.68. The Labute approximate surface area is 106 Å². The van der Waals surface area contributed by atoms with Crippen molar-refractivity contribution in [1.82, 2.24) is 0 Å². The van der Waals surface area contributed by atoms with Crippen LogP contribution in [0.2, 0.25) is 10.0 Å². The molecule has 1 saturated heterocycles. The van der Waals surface area contributed by atoms with Gasteiger partial charge in [-0.15, -0.1) is 0 Å². The number of nitrogens with zero attached hydrogens (tertiary/aromatic N) is 1. The third-order valence-electron chi connectivity index (χ3n) is 3.05. The van der Waals surface area contributed by atoms with E-state index < -0.39 is 0 Å². The zero-order valence-corrected chi connectivity index (χ0v) is 10.5. The molecule has 0 amide bonds. The van der Waals surface area contributed by atoms with E-state index in [1.165, 1.54) is 0 Å². The topological polar surface area (TPSA) is 23.5 Å². The molecule has 1 N–H and O–H groups in total. The first kappa shape index (κ1) is 12.0. The Bertz CT molecular complexity index is 370. The molecule has 1 aliphatic rings. The van der Waals surface area contributed by atoms with Crippen LogP contribution in [-0.2, 0) is 0 Å². The van der Waals surface area contributed by atoms with Crippen molar-refractivity contribution in [2.24, 2.45) is 5.92 Å². The highest BCUT2D eigenvalue weighted by Gasteiger charge is 2.21. The Kier molecular flexibility index (Phi) is 3.95. The van der Waals surface area contributed by atoms with Gasteiger partial charge in [-0.1, -0.05) is 29.3 Å². The maximum Gasteiger partial charge on any atom is 0.0825 e.